The van der Waals surface area contributed by atoms with E-state index in [0.29, 0.717) is 16.3 Å². The SMILES string of the molecule is CN(C)c1ccc(/C=C2\C(=O)NC(=S)N(c3cccc(Cl)c3)C2=O)cc1Br. The van der Waals surface area contributed by atoms with E-state index >= 15 is 0 Å². The number of rotatable bonds is 3. The Bertz CT molecular complexity index is 991. The highest BCUT2D eigenvalue weighted by Gasteiger charge is 2.34. The number of halogens is 2. The number of nitrogens with one attached hydrogen (secondary N) is 1. The van der Waals surface area contributed by atoms with Crippen molar-refractivity contribution in [3.63, 3.8) is 0 Å². The first-order valence-electron chi connectivity index (χ1n) is 7.92. The molecule has 0 atom stereocenters. The van der Waals surface area contributed by atoms with Crippen LogP contribution in [0.5, 0.6) is 0 Å². The summed E-state index contributed by atoms with van der Waals surface area (Å²) < 4.78 is 0.854. The van der Waals surface area contributed by atoms with E-state index in [1.54, 1.807) is 30.3 Å². The van der Waals surface area contributed by atoms with Gasteiger partial charge in [-0.1, -0.05) is 23.7 Å². The van der Waals surface area contributed by atoms with Gasteiger partial charge in [-0.05, 0) is 70.1 Å². The maximum atomic E-state index is 13.0. The zero-order valence-corrected chi connectivity index (χ0v) is 17.7. The molecule has 0 saturated carbocycles. The molecule has 0 radical (unpaired) electrons. The summed E-state index contributed by atoms with van der Waals surface area (Å²) in [7, 11) is 3.86. The molecular weight excluding hydrogens is 450 g/mol. The Morgan fingerprint density at radius 2 is 1.93 bits per heavy atom. The monoisotopic (exact) mass is 463 g/mol. The van der Waals surface area contributed by atoms with E-state index in [-0.39, 0.29) is 10.7 Å². The van der Waals surface area contributed by atoms with Gasteiger partial charge >= 0.3 is 0 Å². The molecule has 3 rings (SSSR count). The second-order valence-corrected chi connectivity index (χ2v) is 7.72. The van der Waals surface area contributed by atoms with Gasteiger partial charge in [0, 0.05) is 23.6 Å². The van der Waals surface area contributed by atoms with E-state index in [9.17, 15) is 9.59 Å². The molecule has 1 fully saturated rings. The maximum Gasteiger partial charge on any atom is 0.270 e. The summed E-state index contributed by atoms with van der Waals surface area (Å²) in [5, 5.41) is 3.05. The third-order valence-corrected chi connectivity index (χ3v) is 5.09. The Morgan fingerprint density at radius 3 is 2.56 bits per heavy atom. The van der Waals surface area contributed by atoms with Gasteiger partial charge in [0.05, 0.1) is 11.4 Å². The van der Waals surface area contributed by atoms with E-state index in [4.69, 9.17) is 23.8 Å². The molecule has 2 amide bonds. The molecule has 1 saturated heterocycles. The molecular formula is C19H15BrClN3O2S. The molecule has 1 heterocycles. The Balaban J connectivity index is 2.00. The van der Waals surface area contributed by atoms with Crippen LogP contribution in [0.2, 0.25) is 5.02 Å². The van der Waals surface area contributed by atoms with Crippen LogP contribution < -0.4 is 15.1 Å². The fraction of sp³-hybridized carbons (Fsp3) is 0.105. The molecule has 0 aromatic heterocycles. The Morgan fingerprint density at radius 1 is 1.19 bits per heavy atom. The minimum Gasteiger partial charge on any atom is -0.377 e. The smallest absolute Gasteiger partial charge is 0.270 e. The lowest BCUT2D eigenvalue weighted by Gasteiger charge is -2.29. The van der Waals surface area contributed by atoms with Crippen molar-refractivity contribution >= 4 is 74.1 Å². The summed E-state index contributed by atoms with van der Waals surface area (Å²) in [6.07, 6.45) is 1.54. The summed E-state index contributed by atoms with van der Waals surface area (Å²) in [5.74, 6) is -1.03. The van der Waals surface area contributed by atoms with Gasteiger partial charge in [0.1, 0.15) is 5.57 Å². The molecule has 27 heavy (non-hydrogen) atoms. The number of benzene rings is 2. The molecule has 0 aliphatic carbocycles. The van der Waals surface area contributed by atoms with Crippen LogP contribution in [0.4, 0.5) is 11.4 Å². The van der Waals surface area contributed by atoms with Crippen molar-refractivity contribution in [2.45, 2.75) is 0 Å². The average Bonchev–Trinajstić information content (AvgIpc) is 2.58. The van der Waals surface area contributed by atoms with Crippen LogP contribution in [-0.2, 0) is 9.59 Å². The lowest BCUT2D eigenvalue weighted by atomic mass is 10.1. The van der Waals surface area contributed by atoms with Gasteiger partial charge in [-0.2, -0.15) is 0 Å². The van der Waals surface area contributed by atoms with Crippen LogP contribution in [0.1, 0.15) is 5.56 Å². The molecule has 1 aliphatic heterocycles. The van der Waals surface area contributed by atoms with Crippen molar-refractivity contribution in [3.05, 3.63) is 63.1 Å². The molecule has 2 aromatic carbocycles. The lowest BCUT2D eigenvalue weighted by Crippen LogP contribution is -2.54. The number of carbonyl (C=O) groups is 2. The first kappa shape index (κ1) is 19.5. The highest BCUT2D eigenvalue weighted by Crippen LogP contribution is 2.28. The minimum atomic E-state index is -0.531. The first-order valence-corrected chi connectivity index (χ1v) is 9.50. The van der Waals surface area contributed by atoms with E-state index in [1.807, 2.05) is 37.2 Å². The molecule has 2 aromatic rings. The number of amides is 2. The Kier molecular flexibility index (Phi) is 5.64. The highest BCUT2D eigenvalue weighted by molar-refractivity contribution is 9.10. The minimum absolute atomic E-state index is 0.00641. The number of carbonyl (C=O) groups excluding carboxylic acids is 2. The van der Waals surface area contributed by atoms with Gasteiger partial charge in [-0.3, -0.25) is 19.8 Å². The number of thiocarbonyl (C=S) groups is 1. The fourth-order valence-electron chi connectivity index (χ4n) is 2.65. The van der Waals surface area contributed by atoms with Gasteiger partial charge < -0.3 is 4.90 Å². The summed E-state index contributed by atoms with van der Waals surface area (Å²) >= 11 is 14.7. The topological polar surface area (TPSA) is 52.7 Å². The molecule has 0 spiro atoms. The summed E-state index contributed by atoms with van der Waals surface area (Å²) in [6, 6.07) is 12.3. The van der Waals surface area contributed by atoms with Crippen LogP contribution in [0.25, 0.3) is 6.08 Å². The number of hydrogen-bond donors (Lipinski definition) is 1. The van der Waals surface area contributed by atoms with Gasteiger partial charge in [-0.25, -0.2) is 0 Å². The second kappa shape index (κ2) is 7.80. The molecule has 1 N–H and O–H groups in total. The fourth-order valence-corrected chi connectivity index (χ4v) is 3.87. The van der Waals surface area contributed by atoms with Crippen LogP contribution in [0.3, 0.4) is 0 Å². The molecule has 138 valence electrons. The van der Waals surface area contributed by atoms with Crippen molar-refractivity contribution in [3.8, 4) is 0 Å². The normalized spacial score (nSPS) is 15.9. The van der Waals surface area contributed by atoms with Gasteiger partial charge in [-0.15, -0.1) is 0 Å². The summed E-state index contributed by atoms with van der Waals surface area (Å²) in [5.41, 5.74) is 2.18. The largest absolute Gasteiger partial charge is 0.377 e. The molecule has 8 heteroatoms. The Labute approximate surface area is 175 Å². The van der Waals surface area contributed by atoms with Crippen LogP contribution in [0, 0.1) is 0 Å². The maximum absolute atomic E-state index is 13.0. The van der Waals surface area contributed by atoms with E-state index in [1.165, 1.54) is 4.90 Å². The quantitative estimate of drug-likeness (QED) is 0.424. The van der Waals surface area contributed by atoms with Crippen molar-refractivity contribution in [1.29, 1.82) is 0 Å². The van der Waals surface area contributed by atoms with Crippen molar-refractivity contribution in [2.24, 2.45) is 0 Å². The van der Waals surface area contributed by atoms with Crippen molar-refractivity contribution in [2.75, 3.05) is 23.9 Å². The number of anilines is 2. The number of nitrogens with zero attached hydrogens (tertiary/aromatic N) is 2. The van der Waals surface area contributed by atoms with Gasteiger partial charge in [0.15, 0.2) is 5.11 Å². The van der Waals surface area contributed by atoms with E-state index < -0.39 is 11.8 Å². The third kappa shape index (κ3) is 4.05. The van der Waals surface area contributed by atoms with Gasteiger partial charge in [0.25, 0.3) is 11.8 Å². The first-order chi connectivity index (χ1) is 12.8. The molecule has 5 nitrogen and oxygen atoms in total. The molecule has 0 unspecified atom stereocenters. The van der Waals surface area contributed by atoms with E-state index in [2.05, 4.69) is 21.2 Å². The second-order valence-electron chi connectivity index (χ2n) is 6.04. The van der Waals surface area contributed by atoms with E-state index in [0.717, 1.165) is 10.2 Å². The van der Waals surface area contributed by atoms with Crippen LogP contribution >= 0.6 is 39.7 Å². The zero-order valence-electron chi connectivity index (χ0n) is 14.5. The predicted octanol–water partition coefficient (Wildman–Crippen LogP) is 4.00. The van der Waals surface area contributed by atoms with Crippen molar-refractivity contribution in [1.82, 2.24) is 5.32 Å². The molecule has 1 aliphatic rings. The highest BCUT2D eigenvalue weighted by atomic mass is 79.9. The van der Waals surface area contributed by atoms with Crippen LogP contribution in [-0.4, -0.2) is 31.0 Å². The van der Waals surface area contributed by atoms with Crippen LogP contribution in [0.15, 0.2) is 52.5 Å². The standard InChI is InChI=1S/C19H15BrClN3O2S/c1-23(2)16-7-6-11(9-15(16)20)8-14-17(25)22-19(27)24(18(14)26)13-5-3-4-12(21)10-13/h3-10H,1-2H3,(H,22,25,27)/b14-8+. The Hall–Kier alpha value is -2.22. The predicted molar refractivity (Wildman–Crippen MR) is 116 cm³/mol. The molecule has 0 bridgehead atoms. The van der Waals surface area contributed by atoms with Crippen molar-refractivity contribution < 1.29 is 9.59 Å². The number of hydrogen-bond acceptors (Lipinski definition) is 4. The van der Waals surface area contributed by atoms with Gasteiger partial charge in [0.2, 0.25) is 0 Å². The third-order valence-electron chi connectivity index (χ3n) is 3.93. The summed E-state index contributed by atoms with van der Waals surface area (Å²) in [6.45, 7) is 0. The zero-order chi connectivity index (χ0) is 19.7. The summed E-state index contributed by atoms with van der Waals surface area (Å²) in [4.78, 5) is 28.6. The lowest BCUT2D eigenvalue weighted by molar-refractivity contribution is -0.122. The average molecular weight is 465 g/mol.